The standard InChI is InChI=1S/C10H17N3O/c1-8(2)13-6-4-9(12-13)7-10(14)3-5-11/h4,6,8H,3,5,7,11H2,1-2H3. The van der Waals surface area contributed by atoms with E-state index in [1.807, 2.05) is 16.9 Å². The summed E-state index contributed by atoms with van der Waals surface area (Å²) in [5.41, 5.74) is 6.12. The van der Waals surface area contributed by atoms with E-state index in [1.54, 1.807) is 0 Å². The topological polar surface area (TPSA) is 60.9 Å². The number of ketones is 1. The molecule has 14 heavy (non-hydrogen) atoms. The van der Waals surface area contributed by atoms with Gasteiger partial charge in [0.1, 0.15) is 5.78 Å². The molecule has 0 atom stereocenters. The number of hydrogen-bond acceptors (Lipinski definition) is 3. The molecule has 0 radical (unpaired) electrons. The van der Waals surface area contributed by atoms with Gasteiger partial charge in [0.2, 0.25) is 0 Å². The Kier molecular flexibility index (Phi) is 3.83. The largest absolute Gasteiger partial charge is 0.330 e. The molecule has 1 heterocycles. The molecule has 4 nitrogen and oxygen atoms in total. The summed E-state index contributed by atoms with van der Waals surface area (Å²) in [7, 11) is 0. The van der Waals surface area contributed by atoms with E-state index < -0.39 is 0 Å². The van der Waals surface area contributed by atoms with Crippen LogP contribution < -0.4 is 5.73 Å². The highest BCUT2D eigenvalue weighted by Gasteiger charge is 2.06. The van der Waals surface area contributed by atoms with Crippen molar-refractivity contribution < 1.29 is 4.79 Å². The highest BCUT2D eigenvalue weighted by molar-refractivity contribution is 5.80. The Balaban J connectivity index is 2.55. The summed E-state index contributed by atoms with van der Waals surface area (Å²) >= 11 is 0. The summed E-state index contributed by atoms with van der Waals surface area (Å²) < 4.78 is 1.85. The van der Waals surface area contributed by atoms with Crippen molar-refractivity contribution in [3.8, 4) is 0 Å². The Morgan fingerprint density at radius 2 is 2.36 bits per heavy atom. The van der Waals surface area contributed by atoms with Crippen LogP contribution in [0, 0.1) is 0 Å². The Labute approximate surface area is 84.1 Å². The van der Waals surface area contributed by atoms with Gasteiger partial charge >= 0.3 is 0 Å². The van der Waals surface area contributed by atoms with Crippen LogP contribution in [0.4, 0.5) is 0 Å². The number of carbonyl (C=O) groups is 1. The maximum Gasteiger partial charge on any atom is 0.140 e. The van der Waals surface area contributed by atoms with Gasteiger partial charge in [-0.15, -0.1) is 0 Å². The summed E-state index contributed by atoms with van der Waals surface area (Å²) in [6.45, 7) is 4.53. The fourth-order valence-corrected chi connectivity index (χ4v) is 1.21. The van der Waals surface area contributed by atoms with Crippen LogP contribution >= 0.6 is 0 Å². The smallest absolute Gasteiger partial charge is 0.140 e. The van der Waals surface area contributed by atoms with Crippen LogP contribution in [-0.4, -0.2) is 22.1 Å². The minimum atomic E-state index is 0.154. The van der Waals surface area contributed by atoms with Crippen LogP contribution in [-0.2, 0) is 11.2 Å². The number of rotatable bonds is 5. The summed E-state index contributed by atoms with van der Waals surface area (Å²) in [6, 6.07) is 2.22. The molecule has 78 valence electrons. The first-order chi connectivity index (χ1) is 6.63. The quantitative estimate of drug-likeness (QED) is 0.760. The normalized spacial score (nSPS) is 10.9. The predicted molar refractivity (Wildman–Crippen MR) is 55.0 cm³/mol. The van der Waals surface area contributed by atoms with E-state index in [4.69, 9.17) is 5.73 Å². The van der Waals surface area contributed by atoms with E-state index in [9.17, 15) is 4.79 Å². The second-order valence-corrected chi connectivity index (χ2v) is 3.63. The molecule has 0 aliphatic heterocycles. The monoisotopic (exact) mass is 195 g/mol. The third-order valence-corrected chi connectivity index (χ3v) is 1.99. The summed E-state index contributed by atoms with van der Waals surface area (Å²) in [6.07, 6.45) is 2.74. The van der Waals surface area contributed by atoms with Crippen molar-refractivity contribution in [1.82, 2.24) is 9.78 Å². The van der Waals surface area contributed by atoms with Gasteiger partial charge in [0.25, 0.3) is 0 Å². The van der Waals surface area contributed by atoms with Crippen LogP contribution in [0.1, 0.15) is 32.0 Å². The minimum absolute atomic E-state index is 0.154. The van der Waals surface area contributed by atoms with E-state index in [0.29, 0.717) is 25.4 Å². The molecule has 0 unspecified atom stereocenters. The molecule has 1 aromatic rings. The van der Waals surface area contributed by atoms with Crippen LogP contribution in [0.2, 0.25) is 0 Å². The Morgan fingerprint density at radius 3 is 2.86 bits per heavy atom. The molecule has 1 aromatic heterocycles. The number of aromatic nitrogens is 2. The van der Waals surface area contributed by atoms with Gasteiger partial charge in [0.05, 0.1) is 12.1 Å². The van der Waals surface area contributed by atoms with E-state index in [1.165, 1.54) is 0 Å². The number of nitrogens with zero attached hydrogens (tertiary/aromatic N) is 2. The summed E-state index contributed by atoms with van der Waals surface area (Å²) in [4.78, 5) is 11.3. The number of carbonyl (C=O) groups excluding carboxylic acids is 1. The van der Waals surface area contributed by atoms with Gasteiger partial charge in [-0.25, -0.2) is 0 Å². The second-order valence-electron chi connectivity index (χ2n) is 3.63. The maximum absolute atomic E-state index is 11.3. The van der Waals surface area contributed by atoms with Crippen molar-refractivity contribution in [1.29, 1.82) is 0 Å². The van der Waals surface area contributed by atoms with E-state index >= 15 is 0 Å². The first-order valence-corrected chi connectivity index (χ1v) is 4.89. The molecule has 4 heteroatoms. The first kappa shape index (κ1) is 10.9. The van der Waals surface area contributed by atoms with Gasteiger partial charge in [-0.1, -0.05) is 0 Å². The predicted octanol–water partition coefficient (Wildman–Crippen LogP) is 0.924. The van der Waals surface area contributed by atoms with Crippen LogP contribution in [0.3, 0.4) is 0 Å². The fourth-order valence-electron chi connectivity index (χ4n) is 1.21. The van der Waals surface area contributed by atoms with Gasteiger partial charge in [-0.05, 0) is 26.5 Å². The zero-order valence-electron chi connectivity index (χ0n) is 8.73. The van der Waals surface area contributed by atoms with Crippen molar-refractivity contribution in [2.75, 3.05) is 6.54 Å². The van der Waals surface area contributed by atoms with Gasteiger partial charge in [0, 0.05) is 18.7 Å². The van der Waals surface area contributed by atoms with E-state index in [2.05, 4.69) is 18.9 Å². The van der Waals surface area contributed by atoms with Crippen molar-refractivity contribution in [3.63, 3.8) is 0 Å². The SMILES string of the molecule is CC(C)n1ccc(CC(=O)CCN)n1. The molecule has 0 aliphatic carbocycles. The lowest BCUT2D eigenvalue weighted by atomic mass is 10.2. The first-order valence-electron chi connectivity index (χ1n) is 4.89. The Bertz CT molecular complexity index is 304. The lowest BCUT2D eigenvalue weighted by Gasteiger charge is -2.03. The molecule has 0 fully saturated rings. The Hall–Kier alpha value is -1.16. The molecule has 2 N–H and O–H groups in total. The summed E-state index contributed by atoms with van der Waals surface area (Å²) in [5.74, 6) is 0.154. The molecule has 0 amide bonds. The van der Waals surface area contributed by atoms with Gasteiger partial charge < -0.3 is 5.73 Å². The zero-order valence-corrected chi connectivity index (χ0v) is 8.73. The molecular formula is C10H17N3O. The third-order valence-electron chi connectivity index (χ3n) is 1.99. The van der Waals surface area contributed by atoms with Crippen molar-refractivity contribution in [2.45, 2.75) is 32.7 Å². The molecule has 1 rings (SSSR count). The Morgan fingerprint density at radius 1 is 1.64 bits per heavy atom. The maximum atomic E-state index is 11.3. The van der Waals surface area contributed by atoms with Gasteiger partial charge in [0.15, 0.2) is 0 Å². The zero-order chi connectivity index (χ0) is 10.6. The van der Waals surface area contributed by atoms with Crippen LogP contribution in [0.25, 0.3) is 0 Å². The molecule has 0 saturated heterocycles. The minimum Gasteiger partial charge on any atom is -0.330 e. The van der Waals surface area contributed by atoms with E-state index in [0.717, 1.165) is 5.69 Å². The molecule has 0 saturated carbocycles. The molecule has 0 aromatic carbocycles. The average molecular weight is 195 g/mol. The van der Waals surface area contributed by atoms with Crippen molar-refractivity contribution in [3.05, 3.63) is 18.0 Å². The highest BCUT2D eigenvalue weighted by atomic mass is 16.1. The lowest BCUT2D eigenvalue weighted by Crippen LogP contribution is -2.11. The molecular weight excluding hydrogens is 178 g/mol. The third kappa shape index (κ3) is 2.96. The second kappa shape index (κ2) is 4.91. The number of nitrogens with two attached hydrogens (primary N) is 1. The number of Topliss-reactive ketones (excluding diaryl/α,β-unsaturated/α-hetero) is 1. The molecule has 0 spiro atoms. The van der Waals surface area contributed by atoms with E-state index in [-0.39, 0.29) is 5.78 Å². The molecule has 0 bridgehead atoms. The van der Waals surface area contributed by atoms with Gasteiger partial charge in [-0.3, -0.25) is 9.48 Å². The average Bonchev–Trinajstić information content (AvgIpc) is 2.53. The highest BCUT2D eigenvalue weighted by Crippen LogP contribution is 2.05. The number of hydrogen-bond donors (Lipinski definition) is 1. The van der Waals surface area contributed by atoms with Crippen LogP contribution in [0.5, 0.6) is 0 Å². The van der Waals surface area contributed by atoms with Crippen LogP contribution in [0.15, 0.2) is 12.3 Å². The summed E-state index contributed by atoms with van der Waals surface area (Å²) in [5, 5.41) is 4.29. The van der Waals surface area contributed by atoms with Crippen molar-refractivity contribution in [2.24, 2.45) is 5.73 Å². The lowest BCUT2D eigenvalue weighted by molar-refractivity contribution is -0.118. The molecule has 0 aliphatic rings. The van der Waals surface area contributed by atoms with Crippen molar-refractivity contribution >= 4 is 5.78 Å². The van der Waals surface area contributed by atoms with Gasteiger partial charge in [-0.2, -0.15) is 5.10 Å². The fraction of sp³-hybridized carbons (Fsp3) is 0.600.